The van der Waals surface area contributed by atoms with Crippen LogP contribution in [0.2, 0.25) is 0 Å². The third-order valence-corrected chi connectivity index (χ3v) is 8.42. The Balaban J connectivity index is 1.39. The summed E-state index contributed by atoms with van der Waals surface area (Å²) in [6.45, 7) is 1.41. The standard InChI is InChI=1S/C27H27N3O4S/c31-26-14-7-16-29(26)19-24(20-8-2-1-3-9-20)28-27(32)22-11-6-12-23(18-22)35(33,34)30-17-15-21-10-4-5-13-25(21)30/h1-6,8-13,18,24H,7,14-17,19H2,(H,28,32). The molecular formula is C27H27N3O4S. The van der Waals surface area contributed by atoms with Crippen molar-refractivity contribution in [1.29, 1.82) is 0 Å². The first kappa shape index (κ1) is 23.1. The van der Waals surface area contributed by atoms with Gasteiger partial charge in [-0.3, -0.25) is 13.9 Å². The van der Waals surface area contributed by atoms with Gasteiger partial charge in [0.05, 0.1) is 16.6 Å². The van der Waals surface area contributed by atoms with Gasteiger partial charge in [0, 0.05) is 31.6 Å². The Bertz CT molecular complexity index is 1360. The number of para-hydroxylation sites is 1. The van der Waals surface area contributed by atoms with E-state index in [2.05, 4.69) is 5.32 Å². The van der Waals surface area contributed by atoms with Crippen molar-refractivity contribution in [3.8, 4) is 0 Å². The van der Waals surface area contributed by atoms with E-state index in [9.17, 15) is 18.0 Å². The molecule has 1 unspecified atom stereocenters. The Morgan fingerprint density at radius 1 is 0.914 bits per heavy atom. The zero-order valence-corrected chi connectivity index (χ0v) is 20.1. The van der Waals surface area contributed by atoms with Crippen LogP contribution in [-0.4, -0.2) is 44.8 Å². The van der Waals surface area contributed by atoms with E-state index in [1.165, 1.54) is 16.4 Å². The maximum Gasteiger partial charge on any atom is 0.264 e. The topological polar surface area (TPSA) is 86.8 Å². The van der Waals surface area contributed by atoms with Gasteiger partial charge in [0.2, 0.25) is 5.91 Å². The Kier molecular flexibility index (Phi) is 6.30. The maximum absolute atomic E-state index is 13.4. The molecule has 7 nitrogen and oxygen atoms in total. The second-order valence-corrected chi connectivity index (χ2v) is 10.7. The number of likely N-dealkylation sites (tertiary alicyclic amines) is 1. The molecule has 0 radical (unpaired) electrons. The zero-order chi connectivity index (χ0) is 24.4. The number of sulfonamides is 1. The molecule has 1 fully saturated rings. The van der Waals surface area contributed by atoms with Gasteiger partial charge in [-0.25, -0.2) is 8.42 Å². The summed E-state index contributed by atoms with van der Waals surface area (Å²) in [4.78, 5) is 27.3. The molecule has 2 aliphatic rings. The average Bonchev–Trinajstić information content (AvgIpc) is 3.50. The Labute approximate surface area is 205 Å². The van der Waals surface area contributed by atoms with E-state index in [1.54, 1.807) is 23.1 Å². The highest BCUT2D eigenvalue weighted by atomic mass is 32.2. The highest BCUT2D eigenvalue weighted by Gasteiger charge is 2.31. The predicted molar refractivity (Wildman–Crippen MR) is 134 cm³/mol. The van der Waals surface area contributed by atoms with Crippen molar-refractivity contribution >= 4 is 27.5 Å². The average molecular weight is 490 g/mol. The zero-order valence-electron chi connectivity index (χ0n) is 19.3. The number of benzene rings is 3. The van der Waals surface area contributed by atoms with Crippen LogP contribution < -0.4 is 9.62 Å². The van der Waals surface area contributed by atoms with Crippen LogP contribution in [0.25, 0.3) is 0 Å². The fourth-order valence-electron chi connectivity index (χ4n) is 4.76. The number of carbonyl (C=O) groups excluding carboxylic acids is 2. The highest BCUT2D eigenvalue weighted by molar-refractivity contribution is 7.92. The number of hydrogen-bond acceptors (Lipinski definition) is 4. The number of rotatable bonds is 7. The van der Waals surface area contributed by atoms with Crippen LogP contribution in [0.4, 0.5) is 5.69 Å². The van der Waals surface area contributed by atoms with Crippen LogP contribution in [0.15, 0.2) is 83.8 Å². The van der Waals surface area contributed by atoms with Gasteiger partial charge in [-0.1, -0.05) is 54.6 Å². The molecule has 1 atom stereocenters. The van der Waals surface area contributed by atoms with E-state index in [0.717, 1.165) is 17.5 Å². The molecule has 2 amide bonds. The third-order valence-electron chi connectivity index (χ3n) is 6.61. The summed E-state index contributed by atoms with van der Waals surface area (Å²) in [5.74, 6) is -0.302. The number of carbonyl (C=O) groups is 2. The van der Waals surface area contributed by atoms with Gasteiger partial charge in [-0.15, -0.1) is 0 Å². The quantitative estimate of drug-likeness (QED) is 0.550. The first-order valence-corrected chi connectivity index (χ1v) is 13.2. The SMILES string of the molecule is O=C(NC(CN1CCCC1=O)c1ccccc1)c1cccc(S(=O)(=O)N2CCc3ccccc32)c1. The molecule has 0 bridgehead atoms. The van der Waals surface area contributed by atoms with Gasteiger partial charge in [-0.2, -0.15) is 0 Å². The predicted octanol–water partition coefficient (Wildman–Crippen LogP) is 3.53. The minimum absolute atomic E-state index is 0.0767. The number of nitrogens with zero attached hydrogens (tertiary/aromatic N) is 2. The number of anilines is 1. The Morgan fingerprint density at radius 3 is 2.46 bits per heavy atom. The third kappa shape index (κ3) is 4.66. The molecule has 8 heteroatoms. The first-order valence-electron chi connectivity index (χ1n) is 11.8. The van der Waals surface area contributed by atoms with Gasteiger partial charge < -0.3 is 10.2 Å². The van der Waals surface area contributed by atoms with Crippen LogP contribution in [-0.2, 0) is 21.2 Å². The molecule has 1 N–H and O–H groups in total. The normalized spacial score (nSPS) is 16.3. The molecule has 2 aliphatic heterocycles. The lowest BCUT2D eigenvalue weighted by Gasteiger charge is -2.25. The molecule has 3 aromatic carbocycles. The monoisotopic (exact) mass is 489 g/mol. The molecular weight excluding hydrogens is 462 g/mol. The van der Waals surface area contributed by atoms with Crippen LogP contribution in [0.5, 0.6) is 0 Å². The molecule has 3 aromatic rings. The lowest BCUT2D eigenvalue weighted by molar-refractivity contribution is -0.128. The van der Waals surface area contributed by atoms with Crippen molar-refractivity contribution in [2.45, 2.75) is 30.2 Å². The van der Waals surface area contributed by atoms with E-state index in [-0.39, 0.29) is 22.3 Å². The van der Waals surface area contributed by atoms with Crippen molar-refractivity contribution < 1.29 is 18.0 Å². The largest absolute Gasteiger partial charge is 0.343 e. The molecule has 1 saturated heterocycles. The summed E-state index contributed by atoms with van der Waals surface area (Å²) in [6.07, 6.45) is 1.99. The second-order valence-electron chi connectivity index (χ2n) is 8.86. The van der Waals surface area contributed by atoms with Crippen molar-refractivity contribution in [3.63, 3.8) is 0 Å². The van der Waals surface area contributed by atoms with E-state index < -0.39 is 16.1 Å². The molecule has 0 aromatic heterocycles. The van der Waals surface area contributed by atoms with E-state index in [4.69, 9.17) is 0 Å². The van der Waals surface area contributed by atoms with Crippen molar-refractivity contribution in [2.75, 3.05) is 23.9 Å². The summed E-state index contributed by atoms with van der Waals surface area (Å²) < 4.78 is 28.3. The summed E-state index contributed by atoms with van der Waals surface area (Å²) in [7, 11) is -3.81. The smallest absolute Gasteiger partial charge is 0.264 e. The summed E-state index contributed by atoms with van der Waals surface area (Å²) in [5, 5.41) is 3.02. The lowest BCUT2D eigenvalue weighted by Crippen LogP contribution is -2.38. The fourth-order valence-corrected chi connectivity index (χ4v) is 6.31. The summed E-state index contributed by atoms with van der Waals surface area (Å²) in [5.41, 5.74) is 2.82. The molecule has 0 aliphatic carbocycles. The second kappa shape index (κ2) is 9.54. The minimum atomic E-state index is -3.81. The Morgan fingerprint density at radius 2 is 1.69 bits per heavy atom. The number of fused-ring (bicyclic) bond motifs is 1. The van der Waals surface area contributed by atoms with Crippen LogP contribution in [0.1, 0.15) is 40.4 Å². The first-order chi connectivity index (χ1) is 16.9. The van der Waals surface area contributed by atoms with Crippen molar-refractivity contribution in [1.82, 2.24) is 10.2 Å². The summed E-state index contributed by atoms with van der Waals surface area (Å²) >= 11 is 0. The minimum Gasteiger partial charge on any atom is -0.343 e. The van der Waals surface area contributed by atoms with Gasteiger partial charge in [0.15, 0.2) is 0 Å². The van der Waals surface area contributed by atoms with Gasteiger partial charge in [0.1, 0.15) is 0 Å². The van der Waals surface area contributed by atoms with Gasteiger partial charge in [0.25, 0.3) is 15.9 Å². The van der Waals surface area contributed by atoms with E-state index >= 15 is 0 Å². The molecule has 35 heavy (non-hydrogen) atoms. The van der Waals surface area contributed by atoms with E-state index in [1.807, 2.05) is 48.5 Å². The van der Waals surface area contributed by atoms with Crippen LogP contribution in [0, 0.1) is 0 Å². The lowest BCUT2D eigenvalue weighted by atomic mass is 10.1. The molecule has 5 rings (SSSR count). The van der Waals surface area contributed by atoms with Gasteiger partial charge >= 0.3 is 0 Å². The fraction of sp³-hybridized carbons (Fsp3) is 0.259. The number of hydrogen-bond donors (Lipinski definition) is 1. The number of amides is 2. The van der Waals surface area contributed by atoms with Crippen molar-refractivity contribution in [2.24, 2.45) is 0 Å². The van der Waals surface area contributed by atoms with Crippen LogP contribution in [0.3, 0.4) is 0 Å². The van der Waals surface area contributed by atoms with Crippen molar-refractivity contribution in [3.05, 3.63) is 95.6 Å². The maximum atomic E-state index is 13.4. The van der Waals surface area contributed by atoms with Crippen LogP contribution >= 0.6 is 0 Å². The highest BCUT2D eigenvalue weighted by Crippen LogP contribution is 2.32. The van der Waals surface area contributed by atoms with E-state index in [0.29, 0.717) is 38.2 Å². The molecule has 0 spiro atoms. The molecule has 180 valence electrons. The molecule has 2 heterocycles. The Hall–Kier alpha value is -3.65. The summed E-state index contributed by atoms with van der Waals surface area (Å²) in [6, 6.07) is 22.7. The van der Waals surface area contributed by atoms with Gasteiger partial charge in [-0.05, 0) is 48.2 Å². The molecule has 0 saturated carbocycles. The number of nitrogens with one attached hydrogen (secondary N) is 1.